The Morgan fingerprint density at radius 1 is 1.00 bits per heavy atom. The van der Waals surface area contributed by atoms with Gasteiger partial charge in [0.1, 0.15) is 5.75 Å². The third kappa shape index (κ3) is 6.50. The van der Waals surface area contributed by atoms with E-state index in [0.29, 0.717) is 16.5 Å². The van der Waals surface area contributed by atoms with E-state index in [9.17, 15) is 4.79 Å². The molecular weight excluding hydrogens is 434 g/mol. The van der Waals surface area contributed by atoms with E-state index in [0.717, 1.165) is 45.1 Å². The molecule has 1 fully saturated rings. The van der Waals surface area contributed by atoms with Crippen LogP contribution in [0.2, 0.25) is 5.02 Å². The Hall–Kier alpha value is -2.08. The number of hydrogen-bond acceptors (Lipinski definition) is 4. The number of ether oxygens (including phenoxy) is 1. The predicted molar refractivity (Wildman–Crippen MR) is 136 cm³/mol. The van der Waals surface area contributed by atoms with E-state index < -0.39 is 0 Å². The lowest BCUT2D eigenvalue weighted by Crippen LogP contribution is -2.49. The lowest BCUT2D eigenvalue weighted by Gasteiger charge is -2.39. The van der Waals surface area contributed by atoms with Gasteiger partial charge in [-0.1, -0.05) is 24.6 Å². The Balaban J connectivity index is 1.60. The maximum atomic E-state index is 12.8. The molecule has 2 aromatic rings. The van der Waals surface area contributed by atoms with Crippen LogP contribution < -0.4 is 4.74 Å². The van der Waals surface area contributed by atoms with Crippen LogP contribution in [0.25, 0.3) is 0 Å². The second-order valence-electron chi connectivity index (χ2n) is 9.59. The number of hydrogen-bond donors (Lipinski definition) is 0. The molecule has 1 aliphatic rings. The number of halogens is 1. The summed E-state index contributed by atoms with van der Waals surface area (Å²) in [5.74, 6) is 1.54. The van der Waals surface area contributed by atoms with Gasteiger partial charge < -0.3 is 14.5 Å². The van der Waals surface area contributed by atoms with Crippen molar-refractivity contribution >= 4 is 17.5 Å². The molecule has 3 rings (SSSR count). The quantitative estimate of drug-likeness (QED) is 0.539. The van der Waals surface area contributed by atoms with Crippen LogP contribution in [0, 0.1) is 19.8 Å². The molecule has 2 atom stereocenters. The number of amides is 1. The first kappa shape index (κ1) is 25.5. The number of piperazine rings is 1. The Morgan fingerprint density at radius 2 is 1.64 bits per heavy atom. The molecule has 0 N–H and O–H groups in total. The molecule has 0 bridgehead atoms. The zero-order chi connectivity index (χ0) is 24.1. The second kappa shape index (κ2) is 11.4. The van der Waals surface area contributed by atoms with Crippen molar-refractivity contribution in [2.45, 2.75) is 33.7 Å². The molecule has 0 aliphatic carbocycles. The molecule has 0 radical (unpaired) electrons. The Labute approximate surface area is 204 Å². The fourth-order valence-corrected chi connectivity index (χ4v) is 4.74. The molecule has 1 aliphatic heterocycles. The van der Waals surface area contributed by atoms with E-state index >= 15 is 0 Å². The highest BCUT2D eigenvalue weighted by atomic mass is 35.5. The molecule has 0 aromatic heterocycles. The van der Waals surface area contributed by atoms with Gasteiger partial charge in [-0.3, -0.25) is 9.69 Å². The van der Waals surface area contributed by atoms with Crippen molar-refractivity contribution in [1.82, 2.24) is 14.7 Å². The summed E-state index contributed by atoms with van der Waals surface area (Å²) in [5.41, 5.74) is 4.54. The Morgan fingerprint density at radius 3 is 2.24 bits per heavy atom. The third-order valence-corrected chi connectivity index (χ3v) is 6.92. The number of carbonyl (C=O) groups is 1. The monoisotopic (exact) mass is 471 g/mol. The molecule has 2 unspecified atom stereocenters. The first-order valence-corrected chi connectivity index (χ1v) is 12.2. The SMILES string of the molecule is Cc1c(OCC(C)CN(C)C)ccc(C(C)N2CCN(C(=O)c3ccc(Cl)cc3)CC2)c1C. The normalized spacial score (nSPS) is 16.7. The number of benzene rings is 2. The number of nitrogens with zero attached hydrogens (tertiary/aromatic N) is 3. The van der Waals surface area contributed by atoms with Gasteiger partial charge in [0.05, 0.1) is 6.61 Å². The van der Waals surface area contributed by atoms with Crippen LogP contribution in [0.5, 0.6) is 5.75 Å². The van der Waals surface area contributed by atoms with Gasteiger partial charge in [-0.05, 0) is 81.9 Å². The fraction of sp³-hybridized carbons (Fsp3) is 0.519. The maximum absolute atomic E-state index is 12.8. The van der Waals surface area contributed by atoms with Gasteiger partial charge in [0.15, 0.2) is 0 Å². The molecule has 0 spiro atoms. The van der Waals surface area contributed by atoms with Gasteiger partial charge in [0.25, 0.3) is 5.91 Å². The molecule has 1 amide bonds. The van der Waals surface area contributed by atoms with Crippen LogP contribution in [0.15, 0.2) is 36.4 Å². The summed E-state index contributed by atoms with van der Waals surface area (Å²) in [6.07, 6.45) is 0. The molecule has 6 heteroatoms. The average molecular weight is 472 g/mol. The summed E-state index contributed by atoms with van der Waals surface area (Å²) >= 11 is 5.96. The van der Waals surface area contributed by atoms with Crippen LogP contribution in [0.3, 0.4) is 0 Å². The van der Waals surface area contributed by atoms with Crippen molar-refractivity contribution in [3.8, 4) is 5.75 Å². The summed E-state index contributed by atoms with van der Waals surface area (Å²) in [7, 11) is 4.19. The Bertz CT molecular complexity index is 937. The largest absolute Gasteiger partial charge is 0.493 e. The minimum atomic E-state index is 0.0796. The van der Waals surface area contributed by atoms with Gasteiger partial charge in [-0.25, -0.2) is 0 Å². The Kier molecular flexibility index (Phi) is 8.80. The van der Waals surface area contributed by atoms with Crippen LogP contribution >= 0.6 is 11.6 Å². The van der Waals surface area contributed by atoms with E-state index in [2.05, 4.69) is 63.7 Å². The summed E-state index contributed by atoms with van der Waals surface area (Å²) in [4.78, 5) is 19.4. The van der Waals surface area contributed by atoms with E-state index in [1.165, 1.54) is 16.7 Å². The van der Waals surface area contributed by atoms with Crippen LogP contribution in [0.4, 0.5) is 0 Å². The predicted octanol–water partition coefficient (Wildman–Crippen LogP) is 5.05. The third-order valence-electron chi connectivity index (χ3n) is 6.67. The first-order chi connectivity index (χ1) is 15.7. The molecule has 2 aromatic carbocycles. The molecule has 1 saturated heterocycles. The van der Waals surface area contributed by atoms with Crippen molar-refractivity contribution in [2.75, 3.05) is 53.4 Å². The zero-order valence-electron chi connectivity index (χ0n) is 20.9. The van der Waals surface area contributed by atoms with Gasteiger partial charge in [-0.15, -0.1) is 0 Å². The summed E-state index contributed by atoms with van der Waals surface area (Å²) in [5, 5.41) is 0.648. The highest BCUT2D eigenvalue weighted by Gasteiger charge is 2.26. The molecule has 180 valence electrons. The topological polar surface area (TPSA) is 36.0 Å². The first-order valence-electron chi connectivity index (χ1n) is 11.8. The maximum Gasteiger partial charge on any atom is 0.253 e. The van der Waals surface area contributed by atoms with Gasteiger partial charge in [0, 0.05) is 55.3 Å². The van der Waals surface area contributed by atoms with E-state index in [-0.39, 0.29) is 11.9 Å². The van der Waals surface area contributed by atoms with Crippen molar-refractivity contribution < 1.29 is 9.53 Å². The van der Waals surface area contributed by atoms with E-state index in [1.807, 2.05) is 4.90 Å². The molecule has 5 nitrogen and oxygen atoms in total. The lowest BCUT2D eigenvalue weighted by atomic mass is 9.96. The average Bonchev–Trinajstić information content (AvgIpc) is 2.79. The van der Waals surface area contributed by atoms with Crippen molar-refractivity contribution in [2.24, 2.45) is 5.92 Å². The van der Waals surface area contributed by atoms with E-state index in [1.54, 1.807) is 24.3 Å². The van der Waals surface area contributed by atoms with Crippen molar-refractivity contribution in [3.63, 3.8) is 0 Å². The van der Waals surface area contributed by atoms with Crippen LogP contribution in [0.1, 0.15) is 46.9 Å². The van der Waals surface area contributed by atoms with Crippen LogP contribution in [-0.2, 0) is 0 Å². The highest BCUT2D eigenvalue weighted by molar-refractivity contribution is 6.30. The highest BCUT2D eigenvalue weighted by Crippen LogP contribution is 2.31. The fourth-order valence-electron chi connectivity index (χ4n) is 4.62. The smallest absolute Gasteiger partial charge is 0.253 e. The molecule has 1 heterocycles. The zero-order valence-corrected chi connectivity index (χ0v) is 21.7. The second-order valence-corrected chi connectivity index (χ2v) is 10.0. The number of rotatable bonds is 8. The standard InChI is InChI=1S/C27H38ClN3O2/c1-19(17-29(5)6)18-33-26-12-11-25(20(2)21(26)3)22(4)30-13-15-31(16-14-30)27(32)23-7-9-24(28)10-8-23/h7-12,19,22H,13-18H2,1-6H3. The lowest BCUT2D eigenvalue weighted by molar-refractivity contribution is 0.0581. The summed E-state index contributed by atoms with van der Waals surface area (Å²) in [6, 6.07) is 11.8. The van der Waals surface area contributed by atoms with Gasteiger partial charge in [0.2, 0.25) is 0 Å². The van der Waals surface area contributed by atoms with Gasteiger partial charge in [-0.2, -0.15) is 0 Å². The summed E-state index contributed by atoms with van der Waals surface area (Å²) < 4.78 is 6.16. The number of carbonyl (C=O) groups excluding carboxylic acids is 1. The van der Waals surface area contributed by atoms with E-state index in [4.69, 9.17) is 16.3 Å². The van der Waals surface area contributed by atoms with Crippen LogP contribution in [-0.4, -0.2) is 74.0 Å². The van der Waals surface area contributed by atoms with Gasteiger partial charge >= 0.3 is 0 Å². The molecular formula is C27H38ClN3O2. The minimum Gasteiger partial charge on any atom is -0.493 e. The molecule has 33 heavy (non-hydrogen) atoms. The van der Waals surface area contributed by atoms with Crippen molar-refractivity contribution in [3.05, 3.63) is 63.7 Å². The minimum absolute atomic E-state index is 0.0796. The van der Waals surface area contributed by atoms with Crippen molar-refractivity contribution in [1.29, 1.82) is 0 Å². The summed E-state index contributed by atoms with van der Waals surface area (Å²) in [6.45, 7) is 13.7. The molecule has 0 saturated carbocycles.